The highest BCUT2D eigenvalue weighted by molar-refractivity contribution is 7.89. The highest BCUT2D eigenvalue weighted by atomic mass is 32.2. The molecule has 0 saturated carbocycles. The van der Waals surface area contributed by atoms with Crippen LogP contribution >= 0.6 is 11.3 Å². The summed E-state index contributed by atoms with van der Waals surface area (Å²) >= 11 is 1.38. The molecule has 1 unspecified atom stereocenters. The minimum absolute atomic E-state index is 0.109. The molecule has 1 aromatic carbocycles. The first-order valence-corrected chi connectivity index (χ1v) is 9.34. The van der Waals surface area contributed by atoms with E-state index in [1.165, 1.54) is 11.3 Å². The van der Waals surface area contributed by atoms with E-state index >= 15 is 0 Å². The number of hydrogen-bond acceptors (Lipinski definition) is 5. The van der Waals surface area contributed by atoms with Crippen LogP contribution < -0.4 is 10.0 Å². The van der Waals surface area contributed by atoms with Crippen LogP contribution in [0.2, 0.25) is 0 Å². The normalized spacial score (nSPS) is 18.9. The molecule has 0 spiro atoms. The molecular formula is C14H15N3O3S2. The zero-order valence-corrected chi connectivity index (χ0v) is 13.3. The van der Waals surface area contributed by atoms with E-state index < -0.39 is 10.0 Å². The maximum absolute atomic E-state index is 12.1. The minimum Gasteiger partial charge on any atom is -0.288 e. The van der Waals surface area contributed by atoms with Gasteiger partial charge >= 0.3 is 0 Å². The second-order valence-electron chi connectivity index (χ2n) is 5.29. The van der Waals surface area contributed by atoms with Crippen LogP contribution in [0.3, 0.4) is 0 Å². The Morgan fingerprint density at radius 2 is 2.05 bits per heavy atom. The summed E-state index contributed by atoms with van der Waals surface area (Å²) < 4.78 is 22.3. The van der Waals surface area contributed by atoms with Crippen molar-refractivity contribution in [2.75, 3.05) is 17.2 Å². The molecule has 6 nitrogen and oxygen atoms in total. The maximum atomic E-state index is 12.1. The van der Waals surface area contributed by atoms with Gasteiger partial charge in [0.15, 0.2) is 5.13 Å². The highest BCUT2D eigenvalue weighted by Gasteiger charge is 2.34. The Morgan fingerprint density at radius 3 is 2.73 bits per heavy atom. The number of thiazole rings is 1. The smallest absolute Gasteiger partial charge is 0.229 e. The number of carbonyl (C=O) groups is 1. The average molecular weight is 337 g/mol. The van der Waals surface area contributed by atoms with Crippen LogP contribution in [0.25, 0.3) is 11.3 Å². The van der Waals surface area contributed by atoms with Crippen molar-refractivity contribution < 1.29 is 13.2 Å². The molecule has 1 atom stereocenters. The Bertz CT molecular complexity index is 787. The summed E-state index contributed by atoms with van der Waals surface area (Å²) in [6, 6.07) is 9.69. The lowest BCUT2D eigenvalue weighted by Gasteiger charge is -2.12. The molecule has 1 saturated heterocycles. The summed E-state index contributed by atoms with van der Waals surface area (Å²) in [4.78, 5) is 18.1. The molecule has 2 heterocycles. The second-order valence-corrected chi connectivity index (χ2v) is 7.78. The molecule has 3 rings (SSSR count). The number of aromatic nitrogens is 1. The van der Waals surface area contributed by atoms with Gasteiger partial charge in [0.1, 0.15) is 0 Å². The molecule has 1 aliphatic rings. The molecule has 116 valence electrons. The second kappa shape index (κ2) is 5.79. The fourth-order valence-corrected chi connectivity index (χ4v) is 4.28. The van der Waals surface area contributed by atoms with Gasteiger partial charge in [-0.15, -0.1) is 11.3 Å². The van der Waals surface area contributed by atoms with Crippen molar-refractivity contribution in [1.82, 2.24) is 4.98 Å². The Hall–Kier alpha value is -1.77. The van der Waals surface area contributed by atoms with E-state index in [0.717, 1.165) is 11.3 Å². The van der Waals surface area contributed by atoms with Gasteiger partial charge in [0.25, 0.3) is 0 Å². The van der Waals surface area contributed by atoms with Crippen molar-refractivity contribution in [3.8, 4) is 11.3 Å². The quantitative estimate of drug-likeness (QED) is 0.914. The van der Waals surface area contributed by atoms with Crippen molar-refractivity contribution in [2.45, 2.75) is 6.42 Å². The fraction of sp³-hybridized carbons (Fsp3) is 0.286. The Balaban J connectivity index is 1.78. The number of anilines is 1. The maximum Gasteiger partial charge on any atom is 0.229 e. The van der Waals surface area contributed by atoms with E-state index in [9.17, 15) is 13.2 Å². The average Bonchev–Trinajstić information content (AvgIpc) is 3.05. The van der Waals surface area contributed by atoms with E-state index in [2.05, 4.69) is 4.98 Å². The molecule has 8 heteroatoms. The summed E-state index contributed by atoms with van der Waals surface area (Å²) in [5.41, 5.74) is 1.79. The van der Waals surface area contributed by atoms with Crippen LogP contribution in [-0.4, -0.2) is 31.6 Å². The topological polar surface area (TPSA) is 93.4 Å². The van der Waals surface area contributed by atoms with Gasteiger partial charge in [-0.05, 0) is 0 Å². The minimum atomic E-state index is -3.57. The molecule has 1 fully saturated rings. The van der Waals surface area contributed by atoms with Crippen LogP contribution in [0.1, 0.15) is 6.42 Å². The number of primary sulfonamides is 1. The van der Waals surface area contributed by atoms with Crippen molar-refractivity contribution >= 4 is 32.4 Å². The summed E-state index contributed by atoms with van der Waals surface area (Å²) in [7, 11) is -3.57. The van der Waals surface area contributed by atoms with Gasteiger partial charge in [-0.1, -0.05) is 30.3 Å². The highest BCUT2D eigenvalue weighted by Crippen LogP contribution is 2.31. The number of carbonyl (C=O) groups excluding carboxylic acids is 1. The zero-order valence-electron chi connectivity index (χ0n) is 11.7. The number of amides is 1. The first kappa shape index (κ1) is 15.1. The van der Waals surface area contributed by atoms with Crippen molar-refractivity contribution in [3.63, 3.8) is 0 Å². The molecule has 0 radical (unpaired) electrons. The number of hydrogen-bond donors (Lipinski definition) is 1. The summed E-state index contributed by atoms with van der Waals surface area (Å²) in [6.45, 7) is 0.344. The SMILES string of the molecule is NS(=O)(=O)CC1CC(=O)N(c2nc(-c3ccccc3)cs2)C1. The predicted octanol–water partition coefficient (Wildman–Crippen LogP) is 1.45. The van der Waals surface area contributed by atoms with Gasteiger partial charge in [0, 0.05) is 29.8 Å². The summed E-state index contributed by atoms with van der Waals surface area (Å²) in [6.07, 6.45) is 0.191. The number of nitrogens with zero attached hydrogens (tertiary/aromatic N) is 2. The van der Waals surface area contributed by atoms with Crippen molar-refractivity contribution in [2.24, 2.45) is 11.1 Å². The lowest BCUT2D eigenvalue weighted by molar-refractivity contribution is -0.117. The first-order chi connectivity index (χ1) is 10.4. The molecule has 0 aliphatic carbocycles. The van der Waals surface area contributed by atoms with Crippen LogP contribution in [0, 0.1) is 5.92 Å². The summed E-state index contributed by atoms with van der Waals surface area (Å²) in [5.74, 6) is -0.555. The van der Waals surface area contributed by atoms with Gasteiger partial charge in [0.2, 0.25) is 15.9 Å². The molecule has 2 N–H and O–H groups in total. The van der Waals surface area contributed by atoms with E-state index in [4.69, 9.17) is 5.14 Å². The van der Waals surface area contributed by atoms with Gasteiger partial charge in [-0.25, -0.2) is 18.5 Å². The summed E-state index contributed by atoms with van der Waals surface area (Å²) in [5, 5.41) is 7.55. The van der Waals surface area contributed by atoms with E-state index in [0.29, 0.717) is 11.7 Å². The number of sulfonamides is 1. The number of nitrogens with two attached hydrogens (primary N) is 1. The Labute approximate surface area is 132 Å². The van der Waals surface area contributed by atoms with E-state index in [1.54, 1.807) is 4.90 Å². The third-order valence-corrected chi connectivity index (χ3v) is 5.27. The first-order valence-electron chi connectivity index (χ1n) is 6.74. The number of benzene rings is 1. The van der Waals surface area contributed by atoms with Crippen LogP contribution in [0.15, 0.2) is 35.7 Å². The molecule has 1 amide bonds. The molecular weight excluding hydrogens is 322 g/mol. The lowest BCUT2D eigenvalue weighted by Crippen LogP contribution is -2.27. The Kier molecular flexibility index (Phi) is 3.98. The molecule has 1 aromatic heterocycles. The largest absolute Gasteiger partial charge is 0.288 e. The molecule has 0 bridgehead atoms. The van der Waals surface area contributed by atoms with Gasteiger partial charge < -0.3 is 0 Å². The molecule has 2 aromatic rings. The van der Waals surface area contributed by atoms with Crippen LogP contribution in [-0.2, 0) is 14.8 Å². The Morgan fingerprint density at radius 1 is 1.32 bits per heavy atom. The van der Waals surface area contributed by atoms with Gasteiger partial charge in [-0.3, -0.25) is 9.69 Å². The molecule has 22 heavy (non-hydrogen) atoms. The predicted molar refractivity (Wildman–Crippen MR) is 86.0 cm³/mol. The molecule has 1 aliphatic heterocycles. The zero-order chi connectivity index (χ0) is 15.7. The van der Waals surface area contributed by atoms with Gasteiger partial charge in [0.05, 0.1) is 11.4 Å². The van der Waals surface area contributed by atoms with E-state index in [-0.39, 0.29) is 24.0 Å². The fourth-order valence-electron chi connectivity index (χ4n) is 2.54. The third kappa shape index (κ3) is 3.34. The van der Waals surface area contributed by atoms with Crippen molar-refractivity contribution in [1.29, 1.82) is 0 Å². The van der Waals surface area contributed by atoms with E-state index in [1.807, 2.05) is 35.7 Å². The third-order valence-electron chi connectivity index (χ3n) is 3.47. The van der Waals surface area contributed by atoms with Crippen molar-refractivity contribution in [3.05, 3.63) is 35.7 Å². The standard InChI is InChI=1S/C14H15N3O3S2/c15-22(19,20)9-10-6-13(18)17(7-10)14-16-12(8-21-14)11-4-2-1-3-5-11/h1-5,8,10H,6-7,9H2,(H2,15,19,20). The van der Waals surface area contributed by atoms with Crippen LogP contribution in [0.5, 0.6) is 0 Å². The lowest BCUT2D eigenvalue weighted by atomic mass is 10.1. The monoisotopic (exact) mass is 337 g/mol. The van der Waals surface area contributed by atoms with Crippen LogP contribution in [0.4, 0.5) is 5.13 Å². The van der Waals surface area contributed by atoms with Gasteiger partial charge in [-0.2, -0.15) is 0 Å². The number of rotatable bonds is 4.